The van der Waals surface area contributed by atoms with Crippen molar-refractivity contribution in [2.75, 3.05) is 0 Å². The number of aromatic nitrogens is 2. The van der Waals surface area contributed by atoms with Gasteiger partial charge in [-0.25, -0.2) is 0 Å². The van der Waals surface area contributed by atoms with Crippen LogP contribution in [0.4, 0.5) is 0 Å². The first kappa shape index (κ1) is 17.6. The van der Waals surface area contributed by atoms with E-state index in [9.17, 15) is 4.79 Å². The Morgan fingerprint density at radius 2 is 1.91 bits per heavy atom. The van der Waals surface area contributed by atoms with Crippen LogP contribution in [0, 0.1) is 0 Å². The predicted octanol–water partition coefficient (Wildman–Crippen LogP) is 3.48. The molecule has 1 atom stereocenters. The summed E-state index contributed by atoms with van der Waals surface area (Å²) in [6.07, 6.45) is 3.79. The fourth-order valence-electron chi connectivity index (χ4n) is 2.37. The van der Waals surface area contributed by atoms with Gasteiger partial charge in [0.05, 0.1) is 11.4 Å². The van der Waals surface area contributed by atoms with Crippen LogP contribution in [0.1, 0.15) is 31.9 Å². The van der Waals surface area contributed by atoms with Gasteiger partial charge in [-0.3, -0.25) is 9.48 Å². The van der Waals surface area contributed by atoms with E-state index in [1.807, 2.05) is 49.5 Å². The maximum atomic E-state index is 12.8. The number of carbonyl (C=O) groups is 1. The molecular weight excluding hydrogens is 306 g/mol. The molecule has 0 aliphatic carbocycles. The Balaban J connectivity index is 1.96. The van der Waals surface area contributed by atoms with Crippen LogP contribution in [-0.2, 0) is 24.1 Å². The fraction of sp³-hybridized carbons (Fsp3) is 0.444. The molecule has 0 aliphatic rings. The molecule has 0 saturated carbocycles. The first-order valence-corrected chi connectivity index (χ1v) is 8.95. The van der Waals surface area contributed by atoms with Crippen LogP contribution in [-0.4, -0.2) is 31.9 Å². The van der Waals surface area contributed by atoms with Crippen LogP contribution in [0.15, 0.2) is 42.7 Å². The summed E-state index contributed by atoms with van der Waals surface area (Å²) >= 11 is 1.69. The molecular formula is C18H25N3OS. The second-order valence-electron chi connectivity index (χ2n) is 6.02. The number of aryl methyl sites for hydroxylation is 1. The first-order chi connectivity index (χ1) is 11.0. The summed E-state index contributed by atoms with van der Waals surface area (Å²) in [7, 11) is 1.89. The van der Waals surface area contributed by atoms with E-state index in [4.69, 9.17) is 0 Å². The smallest absolute Gasteiger partial charge is 0.235 e. The van der Waals surface area contributed by atoms with Crippen LogP contribution >= 0.6 is 11.8 Å². The first-order valence-electron chi connectivity index (χ1n) is 7.91. The van der Waals surface area contributed by atoms with E-state index in [2.05, 4.69) is 31.1 Å². The van der Waals surface area contributed by atoms with E-state index in [0.29, 0.717) is 6.54 Å². The van der Waals surface area contributed by atoms with Gasteiger partial charge in [-0.2, -0.15) is 5.10 Å². The van der Waals surface area contributed by atoms with E-state index in [-0.39, 0.29) is 17.2 Å². The number of carbonyl (C=O) groups excluding carboxylic acids is 1. The molecule has 0 saturated heterocycles. The van der Waals surface area contributed by atoms with Crippen LogP contribution < -0.4 is 0 Å². The maximum Gasteiger partial charge on any atom is 0.235 e. The molecule has 4 nitrogen and oxygen atoms in total. The molecule has 0 spiro atoms. The van der Waals surface area contributed by atoms with E-state index >= 15 is 0 Å². The quantitative estimate of drug-likeness (QED) is 0.779. The zero-order valence-corrected chi connectivity index (χ0v) is 15.1. The number of benzene rings is 1. The Morgan fingerprint density at radius 3 is 2.48 bits per heavy atom. The van der Waals surface area contributed by atoms with E-state index in [1.165, 1.54) is 5.56 Å². The van der Waals surface area contributed by atoms with Crippen molar-refractivity contribution in [1.82, 2.24) is 14.7 Å². The molecule has 0 N–H and O–H groups in total. The van der Waals surface area contributed by atoms with Gasteiger partial charge in [0.1, 0.15) is 0 Å². The summed E-state index contributed by atoms with van der Waals surface area (Å²) in [4.78, 5) is 14.7. The molecule has 0 aliphatic heterocycles. The minimum Gasteiger partial charge on any atom is -0.335 e. The van der Waals surface area contributed by atoms with E-state index in [0.717, 1.165) is 11.3 Å². The topological polar surface area (TPSA) is 38.1 Å². The van der Waals surface area contributed by atoms with E-state index in [1.54, 1.807) is 16.4 Å². The summed E-state index contributed by atoms with van der Waals surface area (Å²) in [6.45, 7) is 6.72. The van der Waals surface area contributed by atoms with Crippen LogP contribution in [0.3, 0.4) is 0 Å². The van der Waals surface area contributed by atoms with Gasteiger partial charge in [-0.05, 0) is 26.3 Å². The van der Waals surface area contributed by atoms with Gasteiger partial charge in [0.15, 0.2) is 0 Å². The molecule has 1 unspecified atom stereocenters. The largest absolute Gasteiger partial charge is 0.335 e. The van der Waals surface area contributed by atoms with Gasteiger partial charge >= 0.3 is 0 Å². The molecule has 5 heteroatoms. The van der Waals surface area contributed by atoms with Crippen LogP contribution in [0.25, 0.3) is 0 Å². The van der Waals surface area contributed by atoms with Gasteiger partial charge in [0, 0.05) is 37.1 Å². The Morgan fingerprint density at radius 1 is 1.22 bits per heavy atom. The lowest BCUT2D eigenvalue weighted by atomic mass is 10.2. The van der Waals surface area contributed by atoms with Gasteiger partial charge < -0.3 is 4.90 Å². The highest BCUT2D eigenvalue weighted by atomic mass is 32.2. The molecule has 1 aromatic heterocycles. The number of hydrogen-bond acceptors (Lipinski definition) is 3. The lowest BCUT2D eigenvalue weighted by Crippen LogP contribution is -2.40. The average Bonchev–Trinajstić information content (AvgIpc) is 2.95. The molecule has 1 heterocycles. The minimum absolute atomic E-state index is 0.0609. The van der Waals surface area contributed by atoms with Crippen molar-refractivity contribution in [3.63, 3.8) is 0 Å². The number of amides is 1. The summed E-state index contributed by atoms with van der Waals surface area (Å²) in [5.74, 6) is 1.04. The second-order valence-corrected chi connectivity index (χ2v) is 7.35. The predicted molar refractivity (Wildman–Crippen MR) is 96.1 cm³/mol. The van der Waals surface area contributed by atoms with Crippen molar-refractivity contribution in [3.8, 4) is 0 Å². The third kappa shape index (κ3) is 5.13. The molecule has 2 rings (SSSR count). The molecule has 0 bridgehead atoms. The Bertz CT molecular complexity index is 624. The molecule has 1 amide bonds. The maximum absolute atomic E-state index is 12.8. The van der Waals surface area contributed by atoms with Crippen molar-refractivity contribution >= 4 is 17.7 Å². The van der Waals surface area contributed by atoms with Crippen LogP contribution in [0.5, 0.6) is 0 Å². The average molecular weight is 331 g/mol. The highest BCUT2D eigenvalue weighted by Gasteiger charge is 2.23. The highest BCUT2D eigenvalue weighted by molar-refractivity contribution is 7.99. The van der Waals surface area contributed by atoms with Gasteiger partial charge in [0.25, 0.3) is 0 Å². The zero-order chi connectivity index (χ0) is 16.8. The fourth-order valence-corrected chi connectivity index (χ4v) is 3.28. The zero-order valence-electron chi connectivity index (χ0n) is 14.3. The van der Waals surface area contributed by atoms with Crippen molar-refractivity contribution in [2.24, 2.45) is 7.05 Å². The summed E-state index contributed by atoms with van der Waals surface area (Å²) < 4.78 is 1.77. The minimum atomic E-state index is -0.0609. The lowest BCUT2D eigenvalue weighted by molar-refractivity contribution is -0.132. The van der Waals surface area contributed by atoms with E-state index < -0.39 is 0 Å². The molecule has 0 radical (unpaired) electrons. The van der Waals surface area contributed by atoms with Crippen molar-refractivity contribution in [3.05, 3.63) is 53.9 Å². The Labute approximate surface area is 142 Å². The molecule has 23 heavy (non-hydrogen) atoms. The third-order valence-electron chi connectivity index (χ3n) is 3.71. The van der Waals surface area contributed by atoms with Gasteiger partial charge in [-0.15, -0.1) is 11.8 Å². The lowest BCUT2D eigenvalue weighted by Gasteiger charge is -2.29. The summed E-state index contributed by atoms with van der Waals surface area (Å²) in [5, 5.41) is 4.12. The van der Waals surface area contributed by atoms with Crippen molar-refractivity contribution in [2.45, 2.75) is 44.4 Å². The van der Waals surface area contributed by atoms with Gasteiger partial charge in [0.2, 0.25) is 5.91 Å². The summed E-state index contributed by atoms with van der Waals surface area (Å²) in [6, 6.07) is 10.4. The third-order valence-corrected chi connectivity index (χ3v) is 4.91. The Kier molecular flexibility index (Phi) is 6.28. The Hall–Kier alpha value is -1.75. The number of hydrogen-bond donors (Lipinski definition) is 0. The number of nitrogens with zero attached hydrogens (tertiary/aromatic N) is 3. The summed E-state index contributed by atoms with van der Waals surface area (Å²) in [5.41, 5.74) is 2.32. The standard InChI is InChI=1S/C18H25N3OS/c1-14(2)21(12-17-10-19-20(4)11-17)18(22)15(3)23-13-16-8-6-5-7-9-16/h5-11,14-15H,12-13H2,1-4H3. The molecule has 0 fully saturated rings. The second kappa shape index (κ2) is 8.20. The number of thioether (sulfide) groups is 1. The molecule has 2 aromatic rings. The monoisotopic (exact) mass is 331 g/mol. The SMILES string of the molecule is CC(SCc1ccccc1)C(=O)N(Cc1cnn(C)c1)C(C)C. The highest BCUT2D eigenvalue weighted by Crippen LogP contribution is 2.21. The van der Waals surface area contributed by atoms with Crippen LogP contribution in [0.2, 0.25) is 0 Å². The number of rotatable bonds is 7. The molecule has 1 aromatic carbocycles. The van der Waals surface area contributed by atoms with Gasteiger partial charge in [-0.1, -0.05) is 30.3 Å². The molecule has 124 valence electrons. The van der Waals surface area contributed by atoms with Crippen molar-refractivity contribution in [1.29, 1.82) is 0 Å². The normalized spacial score (nSPS) is 12.4. The van der Waals surface area contributed by atoms with Crippen molar-refractivity contribution < 1.29 is 4.79 Å².